The molecule has 1 amide bonds. The van der Waals surface area contributed by atoms with Gasteiger partial charge in [0.1, 0.15) is 0 Å². The Hall–Kier alpha value is -0.570. The maximum atomic E-state index is 11.4. The zero-order valence-electron chi connectivity index (χ0n) is 9.37. The molecule has 0 spiro atoms. The van der Waals surface area contributed by atoms with Gasteiger partial charge in [0.25, 0.3) is 0 Å². The van der Waals surface area contributed by atoms with Gasteiger partial charge in [0.05, 0.1) is 0 Å². The van der Waals surface area contributed by atoms with E-state index < -0.39 is 0 Å². The molecule has 78 valence electrons. The van der Waals surface area contributed by atoms with Gasteiger partial charge in [-0.05, 0) is 11.8 Å². The van der Waals surface area contributed by atoms with Gasteiger partial charge in [0.15, 0.2) is 0 Å². The van der Waals surface area contributed by atoms with Gasteiger partial charge in [0, 0.05) is 26.6 Å². The third-order valence-corrected chi connectivity index (χ3v) is 2.42. The molecule has 0 aromatic carbocycles. The van der Waals surface area contributed by atoms with Crippen LogP contribution >= 0.6 is 0 Å². The number of nitrogens with two attached hydrogens (primary N) is 1. The van der Waals surface area contributed by atoms with Crippen LogP contribution in [-0.4, -0.2) is 30.9 Å². The summed E-state index contributed by atoms with van der Waals surface area (Å²) in [6.45, 7) is 6.20. The molecule has 3 heteroatoms. The van der Waals surface area contributed by atoms with E-state index >= 15 is 0 Å². The number of nitrogens with zero attached hydrogens (tertiary/aromatic N) is 1. The van der Waals surface area contributed by atoms with E-state index in [1.54, 1.807) is 19.0 Å². The first kappa shape index (κ1) is 12.4. The van der Waals surface area contributed by atoms with E-state index in [4.69, 9.17) is 5.73 Å². The van der Waals surface area contributed by atoms with Gasteiger partial charge < -0.3 is 10.6 Å². The summed E-state index contributed by atoms with van der Waals surface area (Å²) in [4.78, 5) is 13.0. The molecule has 0 fully saturated rings. The Morgan fingerprint density at radius 2 is 1.77 bits per heavy atom. The summed E-state index contributed by atoms with van der Waals surface area (Å²) in [6.07, 6.45) is 0.548. The van der Waals surface area contributed by atoms with Crippen LogP contribution in [0.3, 0.4) is 0 Å². The summed E-state index contributed by atoms with van der Waals surface area (Å²) in [5.41, 5.74) is 5.94. The largest absolute Gasteiger partial charge is 0.349 e. The molecule has 0 saturated heterocycles. The van der Waals surface area contributed by atoms with Crippen molar-refractivity contribution in [1.82, 2.24) is 4.90 Å². The molecule has 2 N–H and O–H groups in total. The van der Waals surface area contributed by atoms with E-state index in [9.17, 15) is 4.79 Å². The monoisotopic (exact) mass is 186 g/mol. The summed E-state index contributed by atoms with van der Waals surface area (Å²) in [5, 5.41) is 0. The third-order valence-electron chi connectivity index (χ3n) is 2.42. The Labute approximate surface area is 81.3 Å². The summed E-state index contributed by atoms with van der Waals surface area (Å²) in [6, 6.07) is 0.115. The van der Waals surface area contributed by atoms with Gasteiger partial charge in [-0.25, -0.2) is 0 Å². The minimum Gasteiger partial charge on any atom is -0.349 e. The molecule has 0 aliphatic heterocycles. The van der Waals surface area contributed by atoms with Crippen molar-refractivity contribution in [1.29, 1.82) is 0 Å². The molecular formula is C10H22N2O. The fourth-order valence-corrected chi connectivity index (χ4v) is 1.25. The van der Waals surface area contributed by atoms with Crippen LogP contribution in [0.1, 0.15) is 27.2 Å². The molecular weight excluding hydrogens is 164 g/mol. The molecule has 0 aromatic heterocycles. The van der Waals surface area contributed by atoms with E-state index in [1.807, 2.05) is 6.92 Å². The van der Waals surface area contributed by atoms with Crippen molar-refractivity contribution < 1.29 is 4.79 Å². The lowest BCUT2D eigenvalue weighted by Gasteiger charge is -2.24. The van der Waals surface area contributed by atoms with E-state index in [0.717, 1.165) is 0 Å². The van der Waals surface area contributed by atoms with Crippen molar-refractivity contribution in [2.75, 3.05) is 14.1 Å². The fraction of sp³-hybridized carbons (Fsp3) is 0.900. The lowest BCUT2D eigenvalue weighted by Crippen LogP contribution is -2.36. The standard InChI is InChI=1S/C10H22N2O/c1-7(2)10(11)8(3)6-9(13)12(4)5/h7-8,10H,6,11H2,1-5H3. The lowest BCUT2D eigenvalue weighted by molar-refractivity contribution is -0.129. The SMILES string of the molecule is CC(C)C(N)C(C)CC(=O)N(C)C. The molecule has 0 radical (unpaired) electrons. The predicted octanol–water partition coefficient (Wildman–Crippen LogP) is 1.08. The van der Waals surface area contributed by atoms with Crippen LogP contribution in [0.5, 0.6) is 0 Å². The van der Waals surface area contributed by atoms with Crippen LogP contribution in [-0.2, 0) is 4.79 Å². The molecule has 0 bridgehead atoms. The molecule has 13 heavy (non-hydrogen) atoms. The molecule has 2 unspecified atom stereocenters. The number of carbonyl (C=O) groups is 1. The van der Waals surface area contributed by atoms with Crippen LogP contribution in [0.2, 0.25) is 0 Å². The molecule has 0 saturated carbocycles. The van der Waals surface area contributed by atoms with Crippen molar-refractivity contribution in [3.63, 3.8) is 0 Å². The van der Waals surface area contributed by atoms with Crippen LogP contribution in [0, 0.1) is 11.8 Å². The van der Waals surface area contributed by atoms with Gasteiger partial charge in [-0.1, -0.05) is 20.8 Å². The van der Waals surface area contributed by atoms with Crippen molar-refractivity contribution in [2.24, 2.45) is 17.6 Å². The van der Waals surface area contributed by atoms with Crippen molar-refractivity contribution in [3.8, 4) is 0 Å². The summed E-state index contributed by atoms with van der Waals surface area (Å²) in [7, 11) is 3.55. The maximum absolute atomic E-state index is 11.4. The minimum absolute atomic E-state index is 0.115. The van der Waals surface area contributed by atoms with Crippen LogP contribution in [0.25, 0.3) is 0 Å². The van der Waals surface area contributed by atoms with Crippen molar-refractivity contribution >= 4 is 5.91 Å². The van der Waals surface area contributed by atoms with E-state index in [-0.39, 0.29) is 17.9 Å². The Bertz CT molecular complexity index is 166. The molecule has 0 aromatic rings. The molecule has 0 rings (SSSR count). The molecule has 3 nitrogen and oxygen atoms in total. The highest BCUT2D eigenvalue weighted by atomic mass is 16.2. The second-order valence-corrected chi connectivity index (χ2v) is 4.29. The van der Waals surface area contributed by atoms with Crippen LogP contribution < -0.4 is 5.73 Å². The zero-order chi connectivity index (χ0) is 10.6. The lowest BCUT2D eigenvalue weighted by atomic mass is 9.90. The molecule has 0 heterocycles. The maximum Gasteiger partial charge on any atom is 0.222 e. The van der Waals surface area contributed by atoms with Crippen LogP contribution in [0.4, 0.5) is 0 Å². The first-order valence-electron chi connectivity index (χ1n) is 4.82. The highest BCUT2D eigenvalue weighted by molar-refractivity contribution is 5.75. The fourth-order valence-electron chi connectivity index (χ4n) is 1.25. The van der Waals surface area contributed by atoms with Gasteiger partial charge in [-0.3, -0.25) is 4.79 Å². The van der Waals surface area contributed by atoms with Crippen molar-refractivity contribution in [2.45, 2.75) is 33.2 Å². The van der Waals surface area contributed by atoms with E-state index in [2.05, 4.69) is 13.8 Å². The average Bonchev–Trinajstić information content (AvgIpc) is 2.02. The summed E-state index contributed by atoms with van der Waals surface area (Å²) in [5.74, 6) is 0.850. The predicted molar refractivity (Wildman–Crippen MR) is 55.3 cm³/mol. The van der Waals surface area contributed by atoms with Gasteiger partial charge in [-0.15, -0.1) is 0 Å². The normalized spacial score (nSPS) is 15.6. The summed E-state index contributed by atoms with van der Waals surface area (Å²) < 4.78 is 0. The number of rotatable bonds is 4. The third kappa shape index (κ3) is 4.27. The first-order valence-corrected chi connectivity index (χ1v) is 4.82. The van der Waals surface area contributed by atoms with Gasteiger partial charge >= 0.3 is 0 Å². The van der Waals surface area contributed by atoms with Gasteiger partial charge in [-0.2, -0.15) is 0 Å². The smallest absolute Gasteiger partial charge is 0.222 e. The topological polar surface area (TPSA) is 46.3 Å². The Morgan fingerprint density at radius 1 is 1.31 bits per heavy atom. The second-order valence-electron chi connectivity index (χ2n) is 4.29. The first-order chi connectivity index (χ1) is 5.86. The minimum atomic E-state index is 0.115. The molecule has 0 aliphatic rings. The highest BCUT2D eigenvalue weighted by Gasteiger charge is 2.19. The number of carbonyl (C=O) groups excluding carboxylic acids is 1. The average molecular weight is 186 g/mol. The Balaban J connectivity index is 4.00. The number of amides is 1. The summed E-state index contributed by atoms with van der Waals surface area (Å²) >= 11 is 0. The highest BCUT2D eigenvalue weighted by Crippen LogP contribution is 2.14. The zero-order valence-corrected chi connectivity index (χ0v) is 9.37. The Morgan fingerprint density at radius 3 is 2.08 bits per heavy atom. The van der Waals surface area contributed by atoms with Crippen molar-refractivity contribution in [3.05, 3.63) is 0 Å². The quantitative estimate of drug-likeness (QED) is 0.714. The van der Waals surface area contributed by atoms with Crippen LogP contribution in [0.15, 0.2) is 0 Å². The Kier molecular flexibility index (Phi) is 4.99. The number of hydrogen-bond donors (Lipinski definition) is 1. The number of hydrogen-bond acceptors (Lipinski definition) is 2. The second kappa shape index (κ2) is 5.22. The van der Waals surface area contributed by atoms with E-state index in [1.165, 1.54) is 0 Å². The molecule has 0 aliphatic carbocycles. The molecule has 2 atom stereocenters. The van der Waals surface area contributed by atoms with Gasteiger partial charge in [0.2, 0.25) is 5.91 Å². The van der Waals surface area contributed by atoms with E-state index in [0.29, 0.717) is 12.3 Å².